The molecule has 0 spiro atoms. The monoisotopic (exact) mass is 179 g/mol. The Kier molecular flexibility index (Phi) is 8.47. The van der Waals surface area contributed by atoms with Crippen LogP contribution in [0.25, 0.3) is 0 Å². The maximum Gasteiger partial charge on any atom is 0.0590 e. The van der Waals surface area contributed by atoms with Gasteiger partial charge in [-0.3, -0.25) is 0 Å². The van der Waals surface area contributed by atoms with Crippen LogP contribution < -0.4 is 5.32 Å². The van der Waals surface area contributed by atoms with E-state index < -0.39 is 0 Å². The van der Waals surface area contributed by atoms with E-state index in [-0.39, 0.29) is 5.38 Å². The minimum Gasteiger partial charge on any atom is -0.380 e. The van der Waals surface area contributed by atoms with Gasteiger partial charge in [0, 0.05) is 25.1 Å². The fraction of sp³-hybridized carbons (Fsp3) is 1.00. The van der Waals surface area contributed by atoms with Crippen LogP contribution in [0.4, 0.5) is 0 Å². The van der Waals surface area contributed by atoms with Gasteiger partial charge >= 0.3 is 0 Å². The second-order valence-corrected chi connectivity index (χ2v) is 3.34. The maximum atomic E-state index is 5.71. The molecular weight excluding hydrogens is 162 g/mol. The quantitative estimate of drug-likeness (QED) is 0.474. The summed E-state index contributed by atoms with van der Waals surface area (Å²) in [6.45, 7) is 7.49. The summed E-state index contributed by atoms with van der Waals surface area (Å²) >= 11 is 5.71. The fourth-order valence-corrected chi connectivity index (χ4v) is 0.801. The van der Waals surface area contributed by atoms with E-state index in [1.54, 1.807) is 0 Å². The molecule has 1 N–H and O–H groups in total. The van der Waals surface area contributed by atoms with Gasteiger partial charge in [-0.2, -0.15) is 0 Å². The summed E-state index contributed by atoms with van der Waals surface area (Å²) < 4.78 is 5.26. The highest BCUT2D eigenvalue weighted by atomic mass is 35.5. The van der Waals surface area contributed by atoms with Gasteiger partial charge in [0.2, 0.25) is 0 Å². The van der Waals surface area contributed by atoms with Crippen LogP contribution in [0, 0.1) is 0 Å². The molecule has 0 aliphatic carbocycles. The number of rotatable bonds is 7. The van der Waals surface area contributed by atoms with Gasteiger partial charge < -0.3 is 10.1 Å². The van der Waals surface area contributed by atoms with Crippen LogP contribution in [-0.4, -0.2) is 31.7 Å². The molecule has 0 radical (unpaired) electrons. The number of halogens is 1. The molecule has 0 aromatic rings. The summed E-state index contributed by atoms with van der Waals surface area (Å²) in [4.78, 5) is 0. The van der Waals surface area contributed by atoms with Crippen LogP contribution in [0.2, 0.25) is 0 Å². The molecule has 0 rings (SSSR count). The largest absolute Gasteiger partial charge is 0.380 e. The van der Waals surface area contributed by atoms with E-state index >= 15 is 0 Å². The summed E-state index contributed by atoms with van der Waals surface area (Å²) in [6.07, 6.45) is 1.09. The minimum atomic E-state index is 0.209. The average Bonchev–Trinajstić information content (AvgIpc) is 1.96. The Morgan fingerprint density at radius 1 is 1.45 bits per heavy atom. The van der Waals surface area contributed by atoms with Crippen LogP contribution in [0.1, 0.15) is 20.3 Å². The normalized spacial score (nSPS) is 13.4. The lowest BCUT2D eigenvalue weighted by molar-refractivity contribution is 0.137. The zero-order chi connectivity index (χ0) is 8.53. The predicted octanol–water partition coefficient (Wildman–Crippen LogP) is 1.63. The zero-order valence-electron chi connectivity index (χ0n) is 7.40. The van der Waals surface area contributed by atoms with E-state index in [1.165, 1.54) is 0 Å². The van der Waals surface area contributed by atoms with Crippen molar-refractivity contribution in [2.75, 3.05) is 26.3 Å². The van der Waals surface area contributed by atoms with Crippen LogP contribution in [0.5, 0.6) is 0 Å². The molecule has 68 valence electrons. The lowest BCUT2D eigenvalue weighted by atomic mass is 10.4. The third-order valence-corrected chi connectivity index (χ3v) is 1.35. The van der Waals surface area contributed by atoms with E-state index in [9.17, 15) is 0 Å². The second-order valence-electron chi connectivity index (χ2n) is 2.60. The average molecular weight is 180 g/mol. The van der Waals surface area contributed by atoms with Gasteiger partial charge in [0.05, 0.1) is 6.61 Å². The van der Waals surface area contributed by atoms with Crippen LogP contribution in [-0.2, 0) is 4.74 Å². The standard InChI is InChI=1S/C8H18ClNO/c1-3-5-11-6-4-10-7-8(2)9/h8,10H,3-7H2,1-2H3. The van der Waals surface area contributed by atoms with Gasteiger partial charge in [0.25, 0.3) is 0 Å². The SMILES string of the molecule is CCCOCCNCC(C)Cl. The van der Waals surface area contributed by atoms with Gasteiger partial charge in [-0.25, -0.2) is 0 Å². The highest BCUT2D eigenvalue weighted by Gasteiger charge is 1.93. The fourth-order valence-electron chi connectivity index (χ4n) is 0.692. The Hall–Kier alpha value is 0.210. The molecule has 0 heterocycles. The highest BCUT2D eigenvalue weighted by Crippen LogP contribution is 1.88. The molecule has 0 amide bonds. The first kappa shape index (κ1) is 11.2. The van der Waals surface area contributed by atoms with Crippen LogP contribution >= 0.6 is 11.6 Å². The number of alkyl halides is 1. The van der Waals surface area contributed by atoms with Crippen molar-refractivity contribution >= 4 is 11.6 Å². The summed E-state index contributed by atoms with van der Waals surface area (Å²) in [5.74, 6) is 0. The lowest BCUT2D eigenvalue weighted by Gasteiger charge is -2.05. The predicted molar refractivity (Wildman–Crippen MR) is 49.3 cm³/mol. The van der Waals surface area contributed by atoms with Gasteiger partial charge in [-0.1, -0.05) is 6.92 Å². The Labute approximate surface area is 74.3 Å². The van der Waals surface area contributed by atoms with Crippen molar-refractivity contribution < 1.29 is 4.74 Å². The number of hydrogen-bond acceptors (Lipinski definition) is 2. The molecular formula is C8H18ClNO. The van der Waals surface area contributed by atoms with Crippen LogP contribution in [0.3, 0.4) is 0 Å². The first-order valence-corrected chi connectivity index (χ1v) is 4.63. The van der Waals surface area contributed by atoms with Crippen molar-refractivity contribution in [3.63, 3.8) is 0 Å². The van der Waals surface area contributed by atoms with Gasteiger partial charge in [0.1, 0.15) is 0 Å². The number of ether oxygens (including phenoxy) is 1. The molecule has 2 nitrogen and oxygen atoms in total. The highest BCUT2D eigenvalue weighted by molar-refractivity contribution is 6.20. The van der Waals surface area contributed by atoms with E-state index in [1.807, 2.05) is 6.92 Å². The third-order valence-electron chi connectivity index (χ3n) is 1.20. The molecule has 0 aliphatic rings. The molecule has 11 heavy (non-hydrogen) atoms. The van der Waals surface area contributed by atoms with E-state index in [4.69, 9.17) is 16.3 Å². The lowest BCUT2D eigenvalue weighted by Crippen LogP contribution is -2.25. The summed E-state index contributed by atoms with van der Waals surface area (Å²) in [7, 11) is 0. The molecule has 0 saturated heterocycles. The molecule has 3 heteroatoms. The van der Waals surface area contributed by atoms with Crippen molar-refractivity contribution in [3.8, 4) is 0 Å². The molecule has 0 aromatic carbocycles. The number of nitrogens with one attached hydrogen (secondary N) is 1. The first-order valence-electron chi connectivity index (χ1n) is 4.20. The van der Waals surface area contributed by atoms with Gasteiger partial charge in [-0.05, 0) is 13.3 Å². The van der Waals surface area contributed by atoms with Crippen molar-refractivity contribution in [2.24, 2.45) is 0 Å². The van der Waals surface area contributed by atoms with Crippen molar-refractivity contribution in [1.29, 1.82) is 0 Å². The number of hydrogen-bond donors (Lipinski definition) is 1. The maximum absolute atomic E-state index is 5.71. The molecule has 0 saturated carbocycles. The Balaban J connectivity index is 2.80. The van der Waals surface area contributed by atoms with Crippen molar-refractivity contribution in [2.45, 2.75) is 25.6 Å². The van der Waals surface area contributed by atoms with Gasteiger partial charge in [0.15, 0.2) is 0 Å². The molecule has 1 unspecified atom stereocenters. The summed E-state index contributed by atoms with van der Waals surface area (Å²) in [5.41, 5.74) is 0. The van der Waals surface area contributed by atoms with E-state index in [0.717, 1.165) is 32.7 Å². The second kappa shape index (κ2) is 8.31. The molecule has 0 aromatic heterocycles. The van der Waals surface area contributed by atoms with E-state index in [2.05, 4.69) is 12.2 Å². The first-order chi connectivity index (χ1) is 5.27. The summed E-state index contributed by atoms with van der Waals surface area (Å²) in [6, 6.07) is 0. The summed E-state index contributed by atoms with van der Waals surface area (Å²) in [5, 5.41) is 3.40. The smallest absolute Gasteiger partial charge is 0.0590 e. The molecule has 1 atom stereocenters. The zero-order valence-corrected chi connectivity index (χ0v) is 8.16. The Morgan fingerprint density at radius 3 is 2.73 bits per heavy atom. The Bertz CT molecular complexity index is 78.5. The van der Waals surface area contributed by atoms with Crippen LogP contribution in [0.15, 0.2) is 0 Å². The molecule has 0 fully saturated rings. The molecule has 0 bridgehead atoms. The molecule has 0 aliphatic heterocycles. The van der Waals surface area contributed by atoms with Gasteiger partial charge in [-0.15, -0.1) is 11.6 Å². The minimum absolute atomic E-state index is 0.209. The topological polar surface area (TPSA) is 21.3 Å². The van der Waals surface area contributed by atoms with Crippen molar-refractivity contribution in [3.05, 3.63) is 0 Å². The Morgan fingerprint density at radius 2 is 2.18 bits per heavy atom. The third kappa shape index (κ3) is 10.2. The van der Waals surface area contributed by atoms with E-state index in [0.29, 0.717) is 0 Å². The van der Waals surface area contributed by atoms with Crippen molar-refractivity contribution in [1.82, 2.24) is 5.32 Å².